The van der Waals surface area contributed by atoms with Crippen molar-refractivity contribution in [3.63, 3.8) is 0 Å². The van der Waals surface area contributed by atoms with Crippen LogP contribution in [0.1, 0.15) is 12.8 Å². The molecule has 2 heterocycles. The van der Waals surface area contributed by atoms with Gasteiger partial charge in [-0.15, -0.1) is 0 Å². The Morgan fingerprint density at radius 3 is 2.48 bits per heavy atom. The third-order valence-electron chi connectivity index (χ3n) is 4.03. The Labute approximate surface area is 130 Å². The predicted octanol–water partition coefficient (Wildman–Crippen LogP) is 1.25. The monoisotopic (exact) mass is 330 g/mol. The number of halogens is 1. The molecule has 2 fully saturated rings. The fraction of sp³-hybridized carbons (Fsp3) is 0.615. The van der Waals surface area contributed by atoms with E-state index in [1.165, 1.54) is 29.4 Å². The van der Waals surface area contributed by atoms with Crippen LogP contribution in [0.25, 0.3) is 0 Å². The minimum atomic E-state index is -3.51. The first kappa shape index (κ1) is 15.0. The van der Waals surface area contributed by atoms with Gasteiger partial charge in [0.1, 0.15) is 10.7 Å². The number of piperazine rings is 1. The highest BCUT2D eigenvalue weighted by molar-refractivity contribution is 7.89. The molecular weight excluding hydrogens is 312 g/mol. The van der Waals surface area contributed by atoms with E-state index in [0.717, 1.165) is 13.1 Å². The zero-order chi connectivity index (χ0) is 15.0. The van der Waals surface area contributed by atoms with E-state index in [0.29, 0.717) is 30.0 Å². The first-order chi connectivity index (χ1) is 10.0. The fourth-order valence-corrected chi connectivity index (χ4v) is 4.36. The molecule has 0 unspecified atom stereocenters. The molecule has 3 rings (SSSR count). The van der Waals surface area contributed by atoms with E-state index in [-0.39, 0.29) is 4.90 Å². The number of pyridine rings is 1. The fourth-order valence-electron chi connectivity index (χ4n) is 2.64. The highest BCUT2D eigenvalue weighted by atomic mass is 35.5. The normalized spacial score (nSPS) is 21.4. The molecule has 0 spiro atoms. The van der Waals surface area contributed by atoms with Crippen molar-refractivity contribution < 1.29 is 8.42 Å². The van der Waals surface area contributed by atoms with Crippen molar-refractivity contribution in [2.75, 3.05) is 38.5 Å². The molecule has 1 aliphatic heterocycles. The molecule has 0 bridgehead atoms. The molecule has 1 saturated carbocycles. The first-order valence-corrected chi connectivity index (χ1v) is 8.91. The minimum Gasteiger partial charge on any atom is -0.372 e. The summed E-state index contributed by atoms with van der Waals surface area (Å²) in [5.74, 6) is 0.481. The van der Waals surface area contributed by atoms with E-state index >= 15 is 0 Å². The molecule has 0 atom stereocenters. The molecule has 8 heteroatoms. The largest absolute Gasteiger partial charge is 0.372 e. The van der Waals surface area contributed by atoms with Gasteiger partial charge < -0.3 is 5.32 Å². The zero-order valence-electron chi connectivity index (χ0n) is 11.9. The van der Waals surface area contributed by atoms with Gasteiger partial charge in [0.2, 0.25) is 10.0 Å². The van der Waals surface area contributed by atoms with Gasteiger partial charge in [-0.3, -0.25) is 4.90 Å². The molecule has 1 aromatic heterocycles. The van der Waals surface area contributed by atoms with Gasteiger partial charge >= 0.3 is 0 Å². The average Bonchev–Trinajstić information content (AvgIpc) is 3.32. The summed E-state index contributed by atoms with van der Waals surface area (Å²) in [5, 5.41) is 3.14. The maximum Gasteiger partial charge on any atom is 0.244 e. The lowest BCUT2D eigenvalue weighted by Crippen LogP contribution is -2.49. The van der Waals surface area contributed by atoms with E-state index < -0.39 is 10.0 Å². The standard InChI is InChI=1S/C13H19ClN4O2S/c1-15-13-12(14)8-11(9-16-13)21(19,20)18-6-4-17(5-7-18)10-2-3-10/h8-10H,2-7H2,1H3,(H,15,16). The lowest BCUT2D eigenvalue weighted by atomic mass is 10.3. The first-order valence-electron chi connectivity index (χ1n) is 7.10. The van der Waals surface area contributed by atoms with Crippen LogP contribution in [-0.2, 0) is 10.0 Å². The highest BCUT2D eigenvalue weighted by Gasteiger charge is 2.35. The van der Waals surface area contributed by atoms with Crippen molar-refractivity contribution >= 4 is 27.4 Å². The summed E-state index contributed by atoms with van der Waals surface area (Å²) >= 11 is 6.03. The Kier molecular flexibility index (Phi) is 4.09. The number of sulfonamides is 1. The van der Waals surface area contributed by atoms with Crippen LogP contribution in [-0.4, -0.2) is 61.9 Å². The smallest absolute Gasteiger partial charge is 0.244 e. The van der Waals surface area contributed by atoms with Gasteiger partial charge in [0.15, 0.2) is 0 Å². The summed E-state index contributed by atoms with van der Waals surface area (Å²) in [6, 6.07) is 2.14. The van der Waals surface area contributed by atoms with Crippen LogP contribution in [0.2, 0.25) is 5.02 Å². The topological polar surface area (TPSA) is 65.5 Å². The van der Waals surface area contributed by atoms with Crippen LogP contribution in [0.3, 0.4) is 0 Å². The molecule has 1 aromatic rings. The molecule has 116 valence electrons. The lowest BCUT2D eigenvalue weighted by Gasteiger charge is -2.34. The third kappa shape index (κ3) is 3.01. The van der Waals surface area contributed by atoms with Crippen molar-refractivity contribution in [3.05, 3.63) is 17.3 Å². The van der Waals surface area contributed by atoms with Crippen molar-refractivity contribution in [1.82, 2.24) is 14.2 Å². The summed E-state index contributed by atoms with van der Waals surface area (Å²) in [4.78, 5) is 6.59. The van der Waals surface area contributed by atoms with Gasteiger partial charge in [-0.05, 0) is 18.9 Å². The second-order valence-electron chi connectivity index (χ2n) is 5.42. The van der Waals surface area contributed by atoms with Crippen molar-refractivity contribution in [2.24, 2.45) is 0 Å². The van der Waals surface area contributed by atoms with E-state index in [2.05, 4.69) is 15.2 Å². The average molecular weight is 331 g/mol. The summed E-state index contributed by atoms with van der Waals surface area (Å²) in [6.45, 7) is 2.67. The maximum atomic E-state index is 12.6. The third-order valence-corrected chi connectivity index (χ3v) is 6.18. The number of rotatable bonds is 4. The SMILES string of the molecule is CNc1ncc(S(=O)(=O)N2CCN(C3CC3)CC2)cc1Cl. The summed E-state index contributed by atoms with van der Waals surface area (Å²) in [5.41, 5.74) is 0. The molecule has 0 radical (unpaired) electrons. The Balaban J connectivity index is 1.75. The Morgan fingerprint density at radius 2 is 1.95 bits per heavy atom. The molecule has 1 aliphatic carbocycles. The van der Waals surface area contributed by atoms with Crippen molar-refractivity contribution in [2.45, 2.75) is 23.8 Å². The summed E-state index contributed by atoms with van der Waals surface area (Å²) in [6.07, 6.45) is 3.86. The second-order valence-corrected chi connectivity index (χ2v) is 7.77. The lowest BCUT2D eigenvalue weighted by molar-refractivity contribution is 0.180. The zero-order valence-corrected chi connectivity index (χ0v) is 13.5. The van der Waals surface area contributed by atoms with Gasteiger partial charge in [0, 0.05) is 45.5 Å². The predicted molar refractivity (Wildman–Crippen MR) is 82.1 cm³/mol. The molecular formula is C13H19ClN4O2S. The molecule has 1 N–H and O–H groups in total. The van der Waals surface area contributed by atoms with Gasteiger partial charge in [-0.2, -0.15) is 4.31 Å². The quantitative estimate of drug-likeness (QED) is 0.900. The van der Waals surface area contributed by atoms with E-state index in [1.807, 2.05) is 0 Å². The number of nitrogens with one attached hydrogen (secondary N) is 1. The molecule has 0 amide bonds. The Morgan fingerprint density at radius 1 is 1.29 bits per heavy atom. The maximum absolute atomic E-state index is 12.6. The molecule has 2 aliphatic rings. The number of anilines is 1. The number of hydrogen-bond acceptors (Lipinski definition) is 5. The number of hydrogen-bond donors (Lipinski definition) is 1. The molecule has 21 heavy (non-hydrogen) atoms. The molecule has 0 aromatic carbocycles. The van der Waals surface area contributed by atoms with Gasteiger partial charge in [0.05, 0.1) is 5.02 Å². The molecule has 1 saturated heterocycles. The van der Waals surface area contributed by atoms with E-state index in [1.54, 1.807) is 7.05 Å². The number of aromatic nitrogens is 1. The summed E-state index contributed by atoms with van der Waals surface area (Å²) < 4.78 is 26.8. The number of nitrogens with zero attached hydrogens (tertiary/aromatic N) is 3. The van der Waals surface area contributed by atoms with Gasteiger partial charge in [-0.25, -0.2) is 13.4 Å². The van der Waals surface area contributed by atoms with Crippen LogP contribution in [0, 0.1) is 0 Å². The molecule has 6 nitrogen and oxygen atoms in total. The van der Waals surface area contributed by atoms with Crippen LogP contribution < -0.4 is 5.32 Å². The Hall–Kier alpha value is -0.890. The van der Waals surface area contributed by atoms with Crippen molar-refractivity contribution in [3.8, 4) is 0 Å². The van der Waals surface area contributed by atoms with Gasteiger partial charge in [-0.1, -0.05) is 11.6 Å². The summed E-state index contributed by atoms with van der Waals surface area (Å²) in [7, 11) is -1.81. The second kappa shape index (κ2) is 5.72. The highest BCUT2D eigenvalue weighted by Crippen LogP contribution is 2.29. The van der Waals surface area contributed by atoms with Crippen molar-refractivity contribution in [1.29, 1.82) is 0 Å². The van der Waals surface area contributed by atoms with Crippen LogP contribution in [0.15, 0.2) is 17.2 Å². The van der Waals surface area contributed by atoms with Crippen LogP contribution in [0.4, 0.5) is 5.82 Å². The minimum absolute atomic E-state index is 0.159. The van der Waals surface area contributed by atoms with Crippen LogP contribution >= 0.6 is 11.6 Å². The van der Waals surface area contributed by atoms with Crippen LogP contribution in [0.5, 0.6) is 0 Å². The Bertz CT molecular complexity index is 625. The van der Waals surface area contributed by atoms with E-state index in [4.69, 9.17) is 11.6 Å². The van der Waals surface area contributed by atoms with E-state index in [9.17, 15) is 8.42 Å². The van der Waals surface area contributed by atoms with Gasteiger partial charge in [0.25, 0.3) is 0 Å².